The Kier molecular flexibility index (Phi) is 3.99. The van der Waals surface area contributed by atoms with Crippen LogP contribution >= 0.6 is 15.9 Å². The van der Waals surface area contributed by atoms with E-state index in [1.54, 1.807) is 19.1 Å². The van der Waals surface area contributed by atoms with Crippen molar-refractivity contribution < 1.29 is 9.13 Å². The molecule has 0 N–H and O–H groups in total. The molecule has 2 aromatic rings. The summed E-state index contributed by atoms with van der Waals surface area (Å²) >= 11 is 3.13. The molecule has 0 radical (unpaired) electrons. The van der Waals surface area contributed by atoms with E-state index in [1.165, 1.54) is 23.9 Å². The van der Waals surface area contributed by atoms with Gasteiger partial charge in [-0.05, 0) is 28.9 Å². The summed E-state index contributed by atoms with van der Waals surface area (Å²) in [6, 6.07) is 4.55. The number of ether oxygens (including phenoxy) is 1. The smallest absolute Gasteiger partial charge is 0.268 e. The molecule has 0 atom stereocenters. The van der Waals surface area contributed by atoms with E-state index in [0.717, 1.165) is 0 Å². The zero-order valence-electron chi connectivity index (χ0n) is 10.5. The summed E-state index contributed by atoms with van der Waals surface area (Å²) in [6.45, 7) is 1.84. The number of methoxy groups -OCH3 is 1. The molecule has 100 valence electrons. The van der Waals surface area contributed by atoms with Crippen molar-refractivity contribution in [2.45, 2.75) is 13.5 Å². The van der Waals surface area contributed by atoms with Crippen molar-refractivity contribution in [3.8, 4) is 5.75 Å². The minimum absolute atomic E-state index is 0.132. The largest absolute Gasteiger partial charge is 0.497 e. The van der Waals surface area contributed by atoms with Crippen LogP contribution in [0.2, 0.25) is 0 Å². The molecule has 2 rings (SSSR count). The molecule has 0 bridgehead atoms. The van der Waals surface area contributed by atoms with Crippen molar-refractivity contribution in [3.05, 3.63) is 56.4 Å². The van der Waals surface area contributed by atoms with E-state index in [4.69, 9.17) is 4.74 Å². The van der Waals surface area contributed by atoms with Crippen LogP contribution < -0.4 is 10.3 Å². The maximum atomic E-state index is 13.9. The lowest BCUT2D eigenvalue weighted by molar-refractivity contribution is 0.410. The van der Waals surface area contributed by atoms with Crippen molar-refractivity contribution in [1.82, 2.24) is 9.55 Å². The first-order valence-corrected chi connectivity index (χ1v) is 6.36. The lowest BCUT2D eigenvalue weighted by atomic mass is 10.2. The molecule has 1 aromatic heterocycles. The molecular weight excluding hydrogens is 315 g/mol. The molecule has 0 aliphatic heterocycles. The maximum Gasteiger partial charge on any atom is 0.268 e. The summed E-state index contributed by atoms with van der Waals surface area (Å²) in [6.07, 6.45) is 1.44. The Bertz CT molecular complexity index is 670. The molecule has 0 saturated heterocycles. The molecule has 0 saturated carbocycles. The Labute approximate surface area is 118 Å². The Morgan fingerprint density at radius 3 is 2.84 bits per heavy atom. The standard InChI is InChI=1S/C13H12BrFN2O2/c1-8-16-6-11(14)13(18)17(8)7-9-3-4-10(19-2)5-12(9)15/h3-6H,7H2,1-2H3. The summed E-state index contributed by atoms with van der Waals surface area (Å²) in [5.41, 5.74) is 0.175. The number of halogens is 2. The summed E-state index contributed by atoms with van der Waals surface area (Å²) in [7, 11) is 1.47. The molecule has 4 nitrogen and oxygen atoms in total. The van der Waals surface area contributed by atoms with Gasteiger partial charge in [0.15, 0.2) is 0 Å². The van der Waals surface area contributed by atoms with E-state index in [2.05, 4.69) is 20.9 Å². The van der Waals surface area contributed by atoms with Gasteiger partial charge in [-0.25, -0.2) is 9.37 Å². The van der Waals surface area contributed by atoms with E-state index in [0.29, 0.717) is 21.6 Å². The van der Waals surface area contributed by atoms with Gasteiger partial charge >= 0.3 is 0 Å². The van der Waals surface area contributed by atoms with Crippen molar-refractivity contribution in [2.24, 2.45) is 0 Å². The molecule has 0 spiro atoms. The number of aryl methyl sites for hydroxylation is 1. The van der Waals surface area contributed by atoms with Gasteiger partial charge in [-0.3, -0.25) is 9.36 Å². The number of hydrogen-bond acceptors (Lipinski definition) is 3. The van der Waals surface area contributed by atoms with Gasteiger partial charge in [0.2, 0.25) is 0 Å². The fourth-order valence-electron chi connectivity index (χ4n) is 1.69. The summed E-state index contributed by atoms with van der Waals surface area (Å²) in [5, 5.41) is 0. The highest BCUT2D eigenvalue weighted by Gasteiger charge is 2.10. The van der Waals surface area contributed by atoms with Gasteiger partial charge in [-0.1, -0.05) is 6.07 Å². The molecule has 19 heavy (non-hydrogen) atoms. The van der Waals surface area contributed by atoms with E-state index in [-0.39, 0.29) is 12.1 Å². The highest BCUT2D eigenvalue weighted by molar-refractivity contribution is 9.10. The molecule has 0 fully saturated rings. The highest BCUT2D eigenvalue weighted by Crippen LogP contribution is 2.17. The first kappa shape index (κ1) is 13.7. The topological polar surface area (TPSA) is 44.1 Å². The normalized spacial score (nSPS) is 10.5. The molecule has 0 aliphatic rings. The van der Waals surface area contributed by atoms with Gasteiger partial charge in [0.05, 0.1) is 13.7 Å². The monoisotopic (exact) mass is 326 g/mol. The van der Waals surface area contributed by atoms with E-state index in [9.17, 15) is 9.18 Å². The molecule has 1 heterocycles. The average molecular weight is 327 g/mol. The van der Waals surface area contributed by atoms with Crippen molar-refractivity contribution in [3.63, 3.8) is 0 Å². The number of benzene rings is 1. The molecule has 0 aliphatic carbocycles. The van der Waals surface area contributed by atoms with Gasteiger partial charge in [-0.2, -0.15) is 0 Å². The van der Waals surface area contributed by atoms with Crippen molar-refractivity contribution in [2.75, 3.05) is 7.11 Å². The van der Waals surface area contributed by atoms with Crippen LogP contribution in [0.5, 0.6) is 5.75 Å². The SMILES string of the molecule is COc1ccc(Cn2c(C)ncc(Br)c2=O)c(F)c1. The van der Waals surface area contributed by atoms with Crippen LogP contribution in [-0.4, -0.2) is 16.7 Å². The predicted molar refractivity (Wildman–Crippen MR) is 73.0 cm³/mol. The zero-order chi connectivity index (χ0) is 14.0. The zero-order valence-corrected chi connectivity index (χ0v) is 12.1. The number of nitrogens with zero attached hydrogens (tertiary/aromatic N) is 2. The first-order chi connectivity index (χ1) is 9.02. The fraction of sp³-hybridized carbons (Fsp3) is 0.231. The van der Waals surface area contributed by atoms with Crippen LogP contribution in [0.15, 0.2) is 33.7 Å². The maximum absolute atomic E-state index is 13.9. The van der Waals surface area contributed by atoms with Gasteiger partial charge < -0.3 is 4.74 Å². The molecule has 0 amide bonds. The summed E-state index contributed by atoms with van der Waals surface area (Å²) in [5.74, 6) is 0.562. The third-order valence-corrected chi connectivity index (χ3v) is 3.34. The Hall–Kier alpha value is -1.69. The lowest BCUT2D eigenvalue weighted by Gasteiger charge is -2.11. The average Bonchev–Trinajstić information content (AvgIpc) is 2.40. The number of hydrogen-bond donors (Lipinski definition) is 0. The number of rotatable bonds is 3. The second-order valence-electron chi connectivity index (χ2n) is 4.00. The van der Waals surface area contributed by atoms with E-state index >= 15 is 0 Å². The second kappa shape index (κ2) is 5.52. The molecule has 6 heteroatoms. The molecular formula is C13H12BrFN2O2. The van der Waals surface area contributed by atoms with Crippen LogP contribution in [0.4, 0.5) is 4.39 Å². The minimum atomic E-state index is -0.411. The van der Waals surface area contributed by atoms with Gasteiger partial charge in [0, 0.05) is 17.8 Å². The van der Waals surface area contributed by atoms with Crippen LogP contribution in [-0.2, 0) is 6.54 Å². The van der Waals surface area contributed by atoms with Gasteiger partial charge in [-0.15, -0.1) is 0 Å². The Balaban J connectivity index is 2.42. The van der Waals surface area contributed by atoms with E-state index in [1.807, 2.05) is 0 Å². The van der Waals surface area contributed by atoms with Crippen LogP contribution in [0, 0.1) is 12.7 Å². The summed E-state index contributed by atoms with van der Waals surface area (Å²) in [4.78, 5) is 16.0. The van der Waals surface area contributed by atoms with Gasteiger partial charge in [0.25, 0.3) is 5.56 Å². The predicted octanol–water partition coefficient (Wildman–Crippen LogP) is 2.51. The first-order valence-electron chi connectivity index (χ1n) is 5.57. The third kappa shape index (κ3) is 2.84. The molecule has 1 aromatic carbocycles. The minimum Gasteiger partial charge on any atom is -0.497 e. The van der Waals surface area contributed by atoms with Crippen LogP contribution in [0.3, 0.4) is 0 Å². The Morgan fingerprint density at radius 2 is 2.21 bits per heavy atom. The third-order valence-electron chi connectivity index (χ3n) is 2.79. The van der Waals surface area contributed by atoms with Crippen molar-refractivity contribution >= 4 is 15.9 Å². The highest BCUT2D eigenvalue weighted by atomic mass is 79.9. The second-order valence-corrected chi connectivity index (χ2v) is 4.86. The van der Waals surface area contributed by atoms with Crippen molar-refractivity contribution in [1.29, 1.82) is 0 Å². The Morgan fingerprint density at radius 1 is 1.47 bits per heavy atom. The van der Waals surface area contributed by atoms with Crippen LogP contribution in [0.25, 0.3) is 0 Å². The van der Waals surface area contributed by atoms with Crippen LogP contribution in [0.1, 0.15) is 11.4 Å². The van der Waals surface area contributed by atoms with Gasteiger partial charge in [0.1, 0.15) is 21.9 Å². The fourth-order valence-corrected chi connectivity index (χ4v) is 2.01. The molecule has 0 unspecified atom stereocenters. The summed E-state index contributed by atoms with van der Waals surface area (Å²) < 4.78 is 20.6. The lowest BCUT2D eigenvalue weighted by Crippen LogP contribution is -2.24. The van der Waals surface area contributed by atoms with E-state index < -0.39 is 5.82 Å². The quantitative estimate of drug-likeness (QED) is 0.870. The number of aromatic nitrogens is 2.